The van der Waals surface area contributed by atoms with E-state index in [1.165, 1.54) is 18.9 Å². The van der Waals surface area contributed by atoms with Crippen molar-refractivity contribution in [3.05, 3.63) is 29.5 Å². The van der Waals surface area contributed by atoms with Crippen molar-refractivity contribution >= 4 is 16.9 Å². The van der Waals surface area contributed by atoms with Crippen LogP contribution in [0.2, 0.25) is 0 Å². The van der Waals surface area contributed by atoms with Gasteiger partial charge in [-0.2, -0.15) is 0 Å². The number of aryl methyl sites for hydroxylation is 1. The molecule has 17 heavy (non-hydrogen) atoms. The second kappa shape index (κ2) is 4.01. The first-order chi connectivity index (χ1) is 8.08. The number of hydrogen-bond donors (Lipinski definition) is 1. The van der Waals surface area contributed by atoms with E-state index in [1.54, 1.807) is 12.1 Å². The Bertz CT molecular complexity index is 587. The Kier molecular flexibility index (Phi) is 2.67. The second-order valence-corrected chi connectivity index (χ2v) is 3.76. The van der Waals surface area contributed by atoms with Gasteiger partial charge in [-0.05, 0) is 25.1 Å². The maximum absolute atomic E-state index is 11.5. The van der Waals surface area contributed by atoms with Crippen molar-refractivity contribution in [1.29, 1.82) is 0 Å². The van der Waals surface area contributed by atoms with Gasteiger partial charge < -0.3 is 15.3 Å². The number of esters is 1. The minimum Gasteiger partial charge on any atom is -0.494 e. The molecule has 0 unspecified atom stereocenters. The monoisotopic (exact) mass is 234 g/mol. The first kappa shape index (κ1) is 11.3. The van der Waals surface area contributed by atoms with Gasteiger partial charge in [-0.25, -0.2) is 4.79 Å². The van der Waals surface area contributed by atoms with Crippen LogP contribution in [0.1, 0.15) is 16.1 Å². The molecule has 1 aromatic carbocycles. The third kappa shape index (κ3) is 1.69. The number of nitrogen functional groups attached to an aromatic ring is 1. The van der Waals surface area contributed by atoms with Crippen molar-refractivity contribution in [3.8, 4) is 5.75 Å². The summed E-state index contributed by atoms with van der Waals surface area (Å²) >= 11 is 0. The highest BCUT2D eigenvalue weighted by atomic mass is 16.5. The molecule has 0 bridgehead atoms. The summed E-state index contributed by atoms with van der Waals surface area (Å²) < 4.78 is 11.5. The maximum atomic E-state index is 11.5. The van der Waals surface area contributed by atoms with Gasteiger partial charge in [-0.15, -0.1) is 0 Å². The van der Waals surface area contributed by atoms with Crippen LogP contribution in [-0.2, 0) is 4.74 Å². The lowest BCUT2D eigenvalue weighted by Gasteiger charge is -2.07. The van der Waals surface area contributed by atoms with E-state index in [2.05, 4.69) is 4.74 Å². The summed E-state index contributed by atoms with van der Waals surface area (Å²) in [5.74, 6) is 6.05. The van der Waals surface area contributed by atoms with E-state index < -0.39 is 5.97 Å². The predicted octanol–water partition coefficient (Wildman–Crippen LogP) is 1.46. The molecule has 5 nitrogen and oxygen atoms in total. The summed E-state index contributed by atoms with van der Waals surface area (Å²) in [5.41, 5.74) is 2.10. The van der Waals surface area contributed by atoms with Crippen LogP contribution in [0.4, 0.5) is 0 Å². The molecule has 2 aromatic rings. The Morgan fingerprint density at radius 1 is 1.29 bits per heavy atom. The lowest BCUT2D eigenvalue weighted by molar-refractivity contribution is 0.0600. The SMILES string of the molecule is COC(=O)c1cc(OC)c2c(c1)cc(C)n2N. The lowest BCUT2D eigenvalue weighted by Crippen LogP contribution is -2.10. The smallest absolute Gasteiger partial charge is 0.338 e. The third-order valence-electron chi connectivity index (χ3n) is 2.73. The van der Waals surface area contributed by atoms with Crippen molar-refractivity contribution < 1.29 is 14.3 Å². The number of carbonyl (C=O) groups excluding carboxylic acids is 1. The van der Waals surface area contributed by atoms with Crippen LogP contribution >= 0.6 is 0 Å². The zero-order valence-corrected chi connectivity index (χ0v) is 9.98. The van der Waals surface area contributed by atoms with Crippen molar-refractivity contribution in [2.24, 2.45) is 0 Å². The van der Waals surface area contributed by atoms with Crippen LogP contribution in [0.5, 0.6) is 5.75 Å². The van der Waals surface area contributed by atoms with E-state index in [4.69, 9.17) is 10.6 Å². The molecular formula is C12H14N2O3. The first-order valence-corrected chi connectivity index (χ1v) is 5.12. The third-order valence-corrected chi connectivity index (χ3v) is 2.73. The zero-order valence-electron chi connectivity index (χ0n) is 9.98. The zero-order chi connectivity index (χ0) is 12.6. The second-order valence-electron chi connectivity index (χ2n) is 3.76. The lowest BCUT2D eigenvalue weighted by atomic mass is 10.1. The van der Waals surface area contributed by atoms with Crippen LogP contribution < -0.4 is 10.6 Å². The number of aromatic nitrogens is 1. The fourth-order valence-electron chi connectivity index (χ4n) is 1.86. The van der Waals surface area contributed by atoms with Crippen LogP contribution in [0.15, 0.2) is 18.2 Å². The van der Waals surface area contributed by atoms with E-state index in [0.717, 1.165) is 16.6 Å². The topological polar surface area (TPSA) is 66.5 Å². The molecule has 2 rings (SSSR count). The van der Waals surface area contributed by atoms with Gasteiger partial charge in [0.05, 0.1) is 19.8 Å². The Labute approximate surface area is 98.7 Å². The van der Waals surface area contributed by atoms with Gasteiger partial charge >= 0.3 is 5.97 Å². The van der Waals surface area contributed by atoms with Gasteiger partial charge in [0.25, 0.3) is 0 Å². The van der Waals surface area contributed by atoms with E-state index in [1.807, 2.05) is 13.0 Å². The van der Waals surface area contributed by atoms with Crippen LogP contribution in [0.3, 0.4) is 0 Å². The summed E-state index contributed by atoms with van der Waals surface area (Å²) in [4.78, 5) is 11.5. The average molecular weight is 234 g/mol. The summed E-state index contributed by atoms with van der Waals surface area (Å²) in [6, 6.07) is 5.25. The highest BCUT2D eigenvalue weighted by Gasteiger charge is 2.14. The minimum absolute atomic E-state index is 0.396. The van der Waals surface area contributed by atoms with E-state index in [0.29, 0.717) is 11.3 Å². The van der Waals surface area contributed by atoms with Gasteiger partial charge in [0.1, 0.15) is 11.3 Å². The van der Waals surface area contributed by atoms with Crippen LogP contribution in [-0.4, -0.2) is 24.9 Å². The summed E-state index contributed by atoms with van der Waals surface area (Å²) in [5, 5.41) is 0.852. The van der Waals surface area contributed by atoms with E-state index in [9.17, 15) is 4.79 Å². The first-order valence-electron chi connectivity index (χ1n) is 5.12. The number of methoxy groups -OCH3 is 2. The van der Waals surface area contributed by atoms with Crippen molar-refractivity contribution in [2.45, 2.75) is 6.92 Å². The highest BCUT2D eigenvalue weighted by molar-refractivity contribution is 5.97. The van der Waals surface area contributed by atoms with Gasteiger partial charge in [0.15, 0.2) is 0 Å². The van der Waals surface area contributed by atoms with Gasteiger partial charge in [0.2, 0.25) is 0 Å². The molecule has 0 aliphatic rings. The number of hydrogen-bond acceptors (Lipinski definition) is 4. The summed E-state index contributed by atoms with van der Waals surface area (Å²) in [6.07, 6.45) is 0. The molecule has 5 heteroatoms. The number of benzene rings is 1. The Morgan fingerprint density at radius 2 is 2.00 bits per heavy atom. The molecule has 2 N–H and O–H groups in total. The minimum atomic E-state index is -0.396. The number of fused-ring (bicyclic) bond motifs is 1. The molecular weight excluding hydrogens is 220 g/mol. The quantitative estimate of drug-likeness (QED) is 0.631. The molecule has 0 aliphatic heterocycles. The molecule has 0 saturated heterocycles. The molecule has 1 heterocycles. The van der Waals surface area contributed by atoms with Crippen molar-refractivity contribution in [1.82, 2.24) is 4.68 Å². The molecule has 0 spiro atoms. The number of nitrogens with zero attached hydrogens (tertiary/aromatic N) is 1. The van der Waals surface area contributed by atoms with E-state index in [-0.39, 0.29) is 0 Å². The highest BCUT2D eigenvalue weighted by Crippen LogP contribution is 2.29. The summed E-state index contributed by atoms with van der Waals surface area (Å²) in [7, 11) is 2.89. The molecule has 0 radical (unpaired) electrons. The van der Waals surface area contributed by atoms with Crippen molar-refractivity contribution in [2.75, 3.05) is 20.1 Å². The number of nitrogens with two attached hydrogens (primary N) is 1. The predicted molar refractivity (Wildman–Crippen MR) is 64.7 cm³/mol. The largest absolute Gasteiger partial charge is 0.494 e. The van der Waals surface area contributed by atoms with Crippen molar-refractivity contribution in [3.63, 3.8) is 0 Å². The van der Waals surface area contributed by atoms with Gasteiger partial charge in [0, 0.05) is 11.1 Å². The average Bonchev–Trinajstić information content (AvgIpc) is 2.63. The number of carbonyl (C=O) groups is 1. The number of ether oxygens (including phenoxy) is 2. The Balaban J connectivity index is 2.75. The molecule has 0 fully saturated rings. The van der Waals surface area contributed by atoms with Gasteiger partial charge in [-0.1, -0.05) is 0 Å². The maximum Gasteiger partial charge on any atom is 0.338 e. The molecule has 0 aliphatic carbocycles. The molecule has 1 aromatic heterocycles. The molecule has 0 atom stereocenters. The molecule has 0 saturated carbocycles. The van der Waals surface area contributed by atoms with Crippen LogP contribution in [0, 0.1) is 6.92 Å². The fourth-order valence-corrected chi connectivity index (χ4v) is 1.86. The van der Waals surface area contributed by atoms with Gasteiger partial charge in [-0.3, -0.25) is 4.68 Å². The molecule has 90 valence electrons. The standard InChI is InChI=1S/C12H14N2O3/c1-7-4-8-5-9(12(15)17-3)6-10(16-2)11(8)14(7)13/h4-6H,13H2,1-3H3. The Hall–Kier alpha value is -2.17. The molecule has 0 amide bonds. The summed E-state index contributed by atoms with van der Waals surface area (Å²) in [6.45, 7) is 1.89. The Morgan fingerprint density at radius 3 is 2.59 bits per heavy atom. The fraction of sp³-hybridized carbons (Fsp3) is 0.250. The number of rotatable bonds is 2. The van der Waals surface area contributed by atoms with Crippen LogP contribution in [0.25, 0.3) is 10.9 Å². The normalized spacial score (nSPS) is 10.5. The van der Waals surface area contributed by atoms with E-state index >= 15 is 0 Å².